The molecule has 2 N–H and O–H groups in total. The maximum Gasteiger partial charge on any atom is 0.137 e. The van der Waals surface area contributed by atoms with Crippen LogP contribution in [0.3, 0.4) is 0 Å². The zero-order valence-electron chi connectivity index (χ0n) is 12.1. The Balaban J connectivity index is 1.73. The van der Waals surface area contributed by atoms with Crippen molar-refractivity contribution in [2.75, 3.05) is 38.0 Å². The van der Waals surface area contributed by atoms with E-state index < -0.39 is 0 Å². The van der Waals surface area contributed by atoms with Crippen molar-refractivity contribution in [2.24, 2.45) is 0 Å². The maximum atomic E-state index is 4.41. The fourth-order valence-corrected chi connectivity index (χ4v) is 3.20. The molecular formula is C15H20BrN5. The standard InChI is InChI=1S/C15H20BrN5/c1-11(9-21-7-5-17-6-8-21)20-15-12-3-2-4-13(16)14(12)18-10-19-15/h2-4,10-11,17H,5-9H2,1H3,(H,18,19,20). The van der Waals surface area contributed by atoms with E-state index in [0.29, 0.717) is 6.04 Å². The van der Waals surface area contributed by atoms with E-state index in [0.717, 1.165) is 53.9 Å². The second-order valence-corrected chi connectivity index (χ2v) is 6.31. The molecule has 2 heterocycles. The van der Waals surface area contributed by atoms with Crippen molar-refractivity contribution in [3.63, 3.8) is 0 Å². The van der Waals surface area contributed by atoms with E-state index in [1.165, 1.54) is 0 Å². The van der Waals surface area contributed by atoms with Crippen LogP contribution in [0.1, 0.15) is 6.92 Å². The minimum absolute atomic E-state index is 0.347. The topological polar surface area (TPSA) is 53.1 Å². The molecule has 0 saturated carbocycles. The monoisotopic (exact) mass is 349 g/mol. The molecule has 0 amide bonds. The van der Waals surface area contributed by atoms with Gasteiger partial charge in [-0.3, -0.25) is 4.90 Å². The van der Waals surface area contributed by atoms with Gasteiger partial charge in [-0.15, -0.1) is 0 Å². The molecule has 1 unspecified atom stereocenters. The van der Waals surface area contributed by atoms with Gasteiger partial charge in [-0.05, 0) is 35.0 Å². The summed E-state index contributed by atoms with van der Waals surface area (Å²) in [6, 6.07) is 6.42. The van der Waals surface area contributed by atoms with E-state index in [4.69, 9.17) is 0 Å². The van der Waals surface area contributed by atoms with Crippen LogP contribution < -0.4 is 10.6 Å². The lowest BCUT2D eigenvalue weighted by Gasteiger charge is -2.30. The highest BCUT2D eigenvalue weighted by atomic mass is 79.9. The smallest absolute Gasteiger partial charge is 0.137 e. The summed E-state index contributed by atoms with van der Waals surface area (Å²) in [6.07, 6.45) is 1.62. The van der Waals surface area contributed by atoms with Crippen molar-refractivity contribution < 1.29 is 0 Å². The number of nitrogens with zero attached hydrogens (tertiary/aromatic N) is 3. The highest BCUT2D eigenvalue weighted by molar-refractivity contribution is 9.10. The summed E-state index contributed by atoms with van der Waals surface area (Å²) in [5, 5.41) is 7.96. The molecule has 6 heteroatoms. The molecule has 1 saturated heterocycles. The predicted octanol–water partition coefficient (Wildman–Crippen LogP) is 2.10. The third-order valence-electron chi connectivity index (χ3n) is 3.74. The van der Waals surface area contributed by atoms with Crippen molar-refractivity contribution in [1.29, 1.82) is 0 Å². The number of piperazine rings is 1. The lowest BCUT2D eigenvalue weighted by atomic mass is 10.2. The molecule has 1 aromatic heterocycles. The van der Waals surface area contributed by atoms with Gasteiger partial charge in [0.05, 0.1) is 5.52 Å². The Morgan fingerprint density at radius 3 is 2.95 bits per heavy atom. The van der Waals surface area contributed by atoms with Crippen molar-refractivity contribution >= 4 is 32.7 Å². The first kappa shape index (κ1) is 14.7. The number of benzene rings is 1. The number of para-hydroxylation sites is 1. The second-order valence-electron chi connectivity index (χ2n) is 5.45. The Kier molecular flexibility index (Phi) is 4.67. The van der Waals surface area contributed by atoms with Crippen LogP contribution in [0.25, 0.3) is 10.9 Å². The molecule has 0 bridgehead atoms. The molecule has 112 valence electrons. The van der Waals surface area contributed by atoms with Crippen LogP contribution in [-0.2, 0) is 0 Å². The summed E-state index contributed by atoms with van der Waals surface area (Å²) in [4.78, 5) is 11.2. The SMILES string of the molecule is CC(CN1CCNCC1)Nc1ncnc2c(Br)cccc12. The number of aromatic nitrogens is 2. The molecule has 0 aliphatic carbocycles. The van der Waals surface area contributed by atoms with Gasteiger partial charge >= 0.3 is 0 Å². The largest absolute Gasteiger partial charge is 0.366 e. The lowest BCUT2D eigenvalue weighted by Crippen LogP contribution is -2.47. The van der Waals surface area contributed by atoms with Gasteiger partial charge in [0.25, 0.3) is 0 Å². The van der Waals surface area contributed by atoms with E-state index in [1.54, 1.807) is 6.33 Å². The minimum Gasteiger partial charge on any atom is -0.366 e. The summed E-state index contributed by atoms with van der Waals surface area (Å²) in [5.74, 6) is 0.906. The zero-order chi connectivity index (χ0) is 14.7. The zero-order valence-corrected chi connectivity index (χ0v) is 13.7. The Morgan fingerprint density at radius 2 is 2.14 bits per heavy atom. The van der Waals surface area contributed by atoms with Gasteiger partial charge in [0.1, 0.15) is 12.1 Å². The molecule has 0 radical (unpaired) electrons. The Bertz CT molecular complexity index is 612. The molecule has 2 aromatic rings. The Labute approximate surface area is 133 Å². The summed E-state index contributed by atoms with van der Waals surface area (Å²) in [5.41, 5.74) is 0.948. The van der Waals surface area contributed by atoms with Crippen LogP contribution in [0.2, 0.25) is 0 Å². The number of hydrogen-bond donors (Lipinski definition) is 2. The van der Waals surface area contributed by atoms with Crippen LogP contribution in [0.5, 0.6) is 0 Å². The normalized spacial score (nSPS) is 17.8. The van der Waals surface area contributed by atoms with Crippen LogP contribution in [0.4, 0.5) is 5.82 Å². The lowest BCUT2D eigenvalue weighted by molar-refractivity contribution is 0.235. The number of fused-ring (bicyclic) bond motifs is 1. The fourth-order valence-electron chi connectivity index (χ4n) is 2.73. The Hall–Kier alpha value is -1.24. The maximum absolute atomic E-state index is 4.41. The molecule has 0 spiro atoms. The number of hydrogen-bond acceptors (Lipinski definition) is 5. The molecule has 1 aliphatic rings. The first-order chi connectivity index (χ1) is 10.2. The van der Waals surface area contributed by atoms with Gasteiger partial charge in [-0.2, -0.15) is 0 Å². The van der Waals surface area contributed by atoms with Gasteiger partial charge in [0.2, 0.25) is 0 Å². The summed E-state index contributed by atoms with van der Waals surface area (Å²) < 4.78 is 1.00. The van der Waals surface area contributed by atoms with Crippen molar-refractivity contribution in [3.05, 3.63) is 29.0 Å². The van der Waals surface area contributed by atoms with E-state index in [9.17, 15) is 0 Å². The van der Waals surface area contributed by atoms with E-state index in [-0.39, 0.29) is 0 Å². The molecule has 1 fully saturated rings. The highest BCUT2D eigenvalue weighted by Gasteiger charge is 2.14. The van der Waals surface area contributed by atoms with Crippen LogP contribution >= 0.6 is 15.9 Å². The molecule has 1 aromatic carbocycles. The van der Waals surface area contributed by atoms with E-state index >= 15 is 0 Å². The van der Waals surface area contributed by atoms with Crippen LogP contribution in [-0.4, -0.2) is 53.6 Å². The van der Waals surface area contributed by atoms with E-state index in [1.807, 2.05) is 12.1 Å². The van der Waals surface area contributed by atoms with Crippen molar-refractivity contribution in [2.45, 2.75) is 13.0 Å². The molecule has 3 rings (SSSR count). The van der Waals surface area contributed by atoms with Gasteiger partial charge in [-0.25, -0.2) is 9.97 Å². The van der Waals surface area contributed by atoms with Crippen LogP contribution in [0, 0.1) is 0 Å². The number of rotatable bonds is 4. The van der Waals surface area contributed by atoms with Crippen molar-refractivity contribution in [1.82, 2.24) is 20.2 Å². The third-order valence-corrected chi connectivity index (χ3v) is 4.38. The number of anilines is 1. The predicted molar refractivity (Wildman–Crippen MR) is 89.6 cm³/mol. The van der Waals surface area contributed by atoms with Crippen molar-refractivity contribution in [3.8, 4) is 0 Å². The second kappa shape index (κ2) is 6.68. The molecule has 1 aliphatic heterocycles. The van der Waals surface area contributed by atoms with Crippen LogP contribution in [0.15, 0.2) is 29.0 Å². The number of halogens is 1. The molecular weight excluding hydrogens is 330 g/mol. The summed E-state index contributed by atoms with van der Waals surface area (Å²) in [6.45, 7) is 7.62. The summed E-state index contributed by atoms with van der Waals surface area (Å²) in [7, 11) is 0. The van der Waals surface area contributed by atoms with Gasteiger partial charge in [-0.1, -0.05) is 6.07 Å². The summed E-state index contributed by atoms with van der Waals surface area (Å²) >= 11 is 3.54. The fraction of sp³-hybridized carbons (Fsp3) is 0.467. The van der Waals surface area contributed by atoms with Gasteiger partial charge in [0.15, 0.2) is 0 Å². The molecule has 5 nitrogen and oxygen atoms in total. The third kappa shape index (κ3) is 3.51. The average molecular weight is 350 g/mol. The van der Waals surface area contributed by atoms with Gasteiger partial charge < -0.3 is 10.6 Å². The highest BCUT2D eigenvalue weighted by Crippen LogP contribution is 2.26. The Morgan fingerprint density at radius 1 is 1.33 bits per heavy atom. The number of nitrogens with one attached hydrogen (secondary N) is 2. The average Bonchev–Trinajstić information content (AvgIpc) is 2.49. The molecule has 1 atom stereocenters. The quantitative estimate of drug-likeness (QED) is 0.885. The first-order valence-electron chi connectivity index (χ1n) is 7.33. The van der Waals surface area contributed by atoms with Gasteiger partial charge in [0, 0.05) is 48.6 Å². The minimum atomic E-state index is 0.347. The van der Waals surface area contributed by atoms with E-state index in [2.05, 4.69) is 54.4 Å². The first-order valence-corrected chi connectivity index (χ1v) is 8.12. The molecule has 21 heavy (non-hydrogen) atoms.